The Bertz CT molecular complexity index is 1720. The third-order valence-electron chi connectivity index (χ3n) is 9.82. The molecule has 3 atom stereocenters. The molecule has 0 aliphatic carbocycles. The number of fused-ring (bicyclic) bond motifs is 2. The van der Waals surface area contributed by atoms with E-state index in [1.54, 1.807) is 41.3 Å². The number of hydrogen-bond acceptors (Lipinski definition) is 11. The largest absolute Gasteiger partial charge is 0.491 e. The maximum absolute atomic E-state index is 14.3. The van der Waals surface area contributed by atoms with Crippen LogP contribution in [0.5, 0.6) is 0 Å². The quantitative estimate of drug-likeness (QED) is 0.230. The van der Waals surface area contributed by atoms with Crippen molar-refractivity contribution in [2.24, 2.45) is 0 Å². The van der Waals surface area contributed by atoms with Crippen LogP contribution >= 0.6 is 0 Å². The van der Waals surface area contributed by atoms with Crippen LogP contribution in [0.2, 0.25) is 0 Å². The topological polar surface area (TPSA) is 192 Å². The second-order valence-electron chi connectivity index (χ2n) is 13.0. The van der Waals surface area contributed by atoms with Crippen molar-refractivity contribution in [2.75, 3.05) is 13.1 Å². The van der Waals surface area contributed by atoms with Crippen molar-refractivity contribution in [1.82, 2.24) is 20.2 Å². The summed E-state index contributed by atoms with van der Waals surface area (Å²) in [5.74, 6) is -3.35. The van der Waals surface area contributed by atoms with E-state index in [4.69, 9.17) is 14.1 Å². The molecular formula is C32H34B2N4O11. The number of carbonyl (C=O) groups excluding carboxylic acids is 6. The van der Waals surface area contributed by atoms with Crippen LogP contribution in [0.1, 0.15) is 76.8 Å². The van der Waals surface area contributed by atoms with Gasteiger partial charge in [0.15, 0.2) is 0 Å². The number of carbonyl (C=O) groups is 6. The average Bonchev–Trinajstić information content (AvgIpc) is 3.87. The Morgan fingerprint density at radius 1 is 0.878 bits per heavy atom. The second kappa shape index (κ2) is 13.4. The Morgan fingerprint density at radius 2 is 1.51 bits per heavy atom. The predicted molar refractivity (Wildman–Crippen MR) is 170 cm³/mol. The molecular weight excluding hydrogens is 638 g/mol. The number of benzene rings is 2. The molecule has 0 unspecified atom stereocenters. The normalized spacial score (nSPS) is 23.2. The first-order chi connectivity index (χ1) is 23.6. The summed E-state index contributed by atoms with van der Waals surface area (Å²) < 4.78 is 10.5. The van der Waals surface area contributed by atoms with E-state index in [9.17, 15) is 38.8 Å². The van der Waals surface area contributed by atoms with Crippen molar-refractivity contribution in [3.05, 3.63) is 58.7 Å². The van der Waals surface area contributed by atoms with Gasteiger partial charge in [-0.2, -0.15) is 0 Å². The van der Waals surface area contributed by atoms with Gasteiger partial charge in [-0.25, -0.2) is 4.79 Å². The molecule has 3 fully saturated rings. The number of piperidine rings is 1. The fourth-order valence-corrected chi connectivity index (χ4v) is 7.22. The van der Waals surface area contributed by atoms with Crippen LogP contribution in [0.3, 0.4) is 0 Å². The molecule has 49 heavy (non-hydrogen) atoms. The second-order valence-corrected chi connectivity index (χ2v) is 13.0. The van der Waals surface area contributed by atoms with Crippen LogP contribution in [0.15, 0.2) is 36.4 Å². The van der Waals surface area contributed by atoms with Crippen molar-refractivity contribution in [3.8, 4) is 0 Å². The number of nitrogens with one attached hydrogen (secondary N) is 1. The Labute approximate surface area is 281 Å². The number of rotatable bonds is 7. The third-order valence-corrected chi connectivity index (χ3v) is 9.82. The highest BCUT2D eigenvalue weighted by atomic mass is 16.7. The monoisotopic (exact) mass is 672 g/mol. The zero-order valence-electron chi connectivity index (χ0n) is 26.5. The molecule has 5 heterocycles. The molecule has 5 amide bonds. The molecule has 5 aliphatic heterocycles. The molecule has 2 aromatic carbocycles. The van der Waals surface area contributed by atoms with Gasteiger partial charge in [0, 0.05) is 49.1 Å². The van der Waals surface area contributed by atoms with E-state index in [1.807, 2.05) is 0 Å². The smallest absolute Gasteiger partial charge is 0.423 e. The Balaban J connectivity index is 1.11. The summed E-state index contributed by atoms with van der Waals surface area (Å²) in [4.78, 5) is 86.6. The Morgan fingerprint density at radius 3 is 2.18 bits per heavy atom. The van der Waals surface area contributed by atoms with Crippen LogP contribution in [0.25, 0.3) is 0 Å². The molecule has 0 spiro atoms. The minimum absolute atomic E-state index is 0.00747. The molecule has 3 N–H and O–H groups in total. The number of nitrogens with zero attached hydrogens (tertiary/aromatic N) is 3. The molecule has 3 saturated heterocycles. The number of hydroxylamine groups is 2. The summed E-state index contributed by atoms with van der Waals surface area (Å²) in [6.07, 6.45) is 1.63. The highest BCUT2D eigenvalue weighted by molar-refractivity contribution is 6.62. The zero-order valence-corrected chi connectivity index (χ0v) is 26.5. The van der Waals surface area contributed by atoms with Gasteiger partial charge in [0.25, 0.3) is 23.6 Å². The van der Waals surface area contributed by atoms with Gasteiger partial charge in [0.1, 0.15) is 6.04 Å². The van der Waals surface area contributed by atoms with E-state index in [0.29, 0.717) is 35.4 Å². The Kier molecular flexibility index (Phi) is 9.00. The molecule has 0 radical (unpaired) electrons. The average molecular weight is 672 g/mol. The van der Waals surface area contributed by atoms with E-state index in [0.717, 1.165) is 17.5 Å². The van der Waals surface area contributed by atoms with Crippen LogP contribution < -0.4 is 16.2 Å². The van der Waals surface area contributed by atoms with Gasteiger partial charge in [0.05, 0.1) is 19.6 Å². The molecule has 0 aromatic heterocycles. The van der Waals surface area contributed by atoms with Gasteiger partial charge >= 0.3 is 20.2 Å². The maximum atomic E-state index is 14.3. The minimum atomic E-state index is -1.18. The molecule has 2 aromatic rings. The van der Waals surface area contributed by atoms with Crippen LogP contribution in [-0.2, 0) is 46.5 Å². The summed E-state index contributed by atoms with van der Waals surface area (Å²) in [5, 5.41) is 23.8. The summed E-state index contributed by atoms with van der Waals surface area (Å²) in [6, 6.07) is 7.51. The molecule has 17 heteroatoms. The van der Waals surface area contributed by atoms with Gasteiger partial charge in [-0.3, -0.25) is 24.0 Å². The predicted octanol–water partition coefficient (Wildman–Crippen LogP) is -1.49. The summed E-state index contributed by atoms with van der Waals surface area (Å²) in [5.41, 5.74) is 3.00. The molecule has 15 nitrogen and oxygen atoms in total. The summed E-state index contributed by atoms with van der Waals surface area (Å²) in [7, 11) is -2.31. The van der Waals surface area contributed by atoms with Gasteiger partial charge in [-0.1, -0.05) is 12.1 Å². The fraction of sp³-hybridized carbons (Fsp3) is 0.438. The van der Waals surface area contributed by atoms with Gasteiger partial charge in [-0.05, 0) is 72.0 Å². The van der Waals surface area contributed by atoms with E-state index in [-0.39, 0.29) is 56.6 Å². The molecule has 254 valence electrons. The fourth-order valence-electron chi connectivity index (χ4n) is 7.22. The highest BCUT2D eigenvalue weighted by Crippen LogP contribution is 2.28. The van der Waals surface area contributed by atoms with Crippen LogP contribution in [-0.4, -0.2) is 106 Å². The zero-order chi connectivity index (χ0) is 34.4. The lowest BCUT2D eigenvalue weighted by atomic mass is 9.78. The van der Waals surface area contributed by atoms with Gasteiger partial charge < -0.3 is 39.3 Å². The number of likely N-dealkylation sites (tertiary alicyclic amines) is 2. The standard InChI is InChI=1S/C32H34B2N4O11/c39-27-8-9-28(40)38(27)49-29(41)14-23-3-1-2-10-36(23)32(44)26-13-22(35-30(42)18-4-6-20-16-47-33(45)24(20)11-18)15-37(26)31(43)19-5-7-21-17-48-34(46)25(21)12-19/h4-7,11-12,22-23,26,45-46H,1-3,8-10,13-17H2,(H,35,42)/t22-,23+,26+/m1/s1. The van der Waals surface area contributed by atoms with E-state index < -0.39 is 67.9 Å². The first-order valence-electron chi connectivity index (χ1n) is 16.4. The van der Waals surface area contributed by atoms with Crippen molar-refractivity contribution in [1.29, 1.82) is 0 Å². The lowest BCUT2D eigenvalue weighted by Crippen LogP contribution is -2.53. The SMILES string of the molecule is O=C(C[C@@H]1CCCCN1C(=O)[C@@H]1C[C@@H](NC(=O)c2ccc3c(c2)B(O)OC3)CN1C(=O)c1ccc2c(c1)B(O)OC2)ON1C(=O)CCC1=O. The lowest BCUT2D eigenvalue weighted by molar-refractivity contribution is -0.198. The third kappa shape index (κ3) is 6.46. The lowest BCUT2D eigenvalue weighted by Gasteiger charge is -2.38. The van der Waals surface area contributed by atoms with Gasteiger partial charge in [0.2, 0.25) is 5.91 Å². The molecule has 7 rings (SSSR count). The minimum Gasteiger partial charge on any atom is -0.423 e. The number of imide groups is 1. The van der Waals surface area contributed by atoms with Crippen molar-refractivity contribution < 1.29 is 53.0 Å². The van der Waals surface area contributed by atoms with E-state index in [1.165, 1.54) is 4.90 Å². The maximum Gasteiger partial charge on any atom is 0.491 e. The molecule has 0 bridgehead atoms. The van der Waals surface area contributed by atoms with E-state index in [2.05, 4.69) is 5.32 Å². The first kappa shape index (κ1) is 33.0. The number of hydrogen-bond donors (Lipinski definition) is 3. The highest BCUT2D eigenvalue weighted by Gasteiger charge is 2.45. The molecule has 0 saturated carbocycles. The summed E-state index contributed by atoms with van der Waals surface area (Å²) >= 11 is 0. The van der Waals surface area contributed by atoms with Crippen molar-refractivity contribution >= 4 is 60.7 Å². The van der Waals surface area contributed by atoms with Crippen molar-refractivity contribution in [3.63, 3.8) is 0 Å². The summed E-state index contributed by atoms with van der Waals surface area (Å²) in [6.45, 7) is 0.759. The van der Waals surface area contributed by atoms with E-state index >= 15 is 0 Å². The van der Waals surface area contributed by atoms with Crippen molar-refractivity contribution in [2.45, 2.75) is 76.3 Å². The Hall–Kier alpha value is -4.57. The number of amides is 5. The van der Waals surface area contributed by atoms with Gasteiger partial charge in [-0.15, -0.1) is 5.06 Å². The molecule has 5 aliphatic rings. The first-order valence-corrected chi connectivity index (χ1v) is 16.4. The van der Waals surface area contributed by atoms with Crippen LogP contribution in [0.4, 0.5) is 0 Å². The van der Waals surface area contributed by atoms with Crippen LogP contribution in [0, 0.1) is 0 Å².